The number of rotatable bonds is 4. The smallest absolute Gasteiger partial charge is 0.320 e. The summed E-state index contributed by atoms with van der Waals surface area (Å²) in [6.45, 7) is 0. The third kappa shape index (κ3) is 3.99. The van der Waals surface area contributed by atoms with Gasteiger partial charge in [0.2, 0.25) is 0 Å². The van der Waals surface area contributed by atoms with Crippen LogP contribution in [-0.4, -0.2) is 23.7 Å². The van der Waals surface area contributed by atoms with Gasteiger partial charge in [-0.05, 0) is 34.1 Å². The normalized spacial score (nSPS) is 12.2. The maximum atomic E-state index is 11.2. The minimum atomic E-state index is -0.299. The first-order valence-corrected chi connectivity index (χ1v) is 7.13. The molecule has 0 amide bonds. The molecule has 0 fully saturated rings. The molecule has 0 radical (unpaired) electrons. The van der Waals surface area contributed by atoms with Crippen LogP contribution in [0.3, 0.4) is 0 Å². The third-order valence-electron chi connectivity index (χ3n) is 1.80. The Morgan fingerprint density at radius 1 is 1.62 bits per heavy atom. The van der Waals surface area contributed by atoms with E-state index in [9.17, 15) is 4.79 Å². The van der Waals surface area contributed by atoms with E-state index in [0.29, 0.717) is 11.4 Å². The molecule has 88 valence electrons. The average Bonchev–Trinajstić information content (AvgIpc) is 2.26. The van der Waals surface area contributed by atoms with Crippen LogP contribution in [0.1, 0.15) is 0 Å². The minimum Gasteiger partial charge on any atom is -0.468 e. The van der Waals surface area contributed by atoms with Crippen LogP contribution in [0.2, 0.25) is 0 Å². The molecular formula is C10H11Br2NO2S. The van der Waals surface area contributed by atoms with E-state index >= 15 is 0 Å². The summed E-state index contributed by atoms with van der Waals surface area (Å²) >= 11 is 8.24. The Hall–Kier alpha value is -0.200. The summed E-state index contributed by atoms with van der Waals surface area (Å²) in [5, 5.41) is 0. The molecule has 0 spiro atoms. The lowest BCUT2D eigenvalue weighted by atomic mass is 10.3. The molecule has 1 aromatic carbocycles. The van der Waals surface area contributed by atoms with Crippen molar-refractivity contribution in [2.45, 2.75) is 9.72 Å². The zero-order chi connectivity index (χ0) is 12.1. The quantitative estimate of drug-likeness (QED) is 0.384. The van der Waals surface area contributed by atoms with Crippen LogP contribution in [0.5, 0.6) is 0 Å². The van der Waals surface area contributed by atoms with Gasteiger partial charge in [-0.15, -0.1) is 11.8 Å². The molecule has 0 aromatic heterocycles. The molecule has 0 aliphatic rings. The van der Waals surface area contributed by atoms with Crippen molar-refractivity contribution >= 4 is 55.3 Å². The van der Waals surface area contributed by atoms with E-state index in [4.69, 9.17) is 5.73 Å². The maximum absolute atomic E-state index is 11.2. The molecule has 0 aliphatic heterocycles. The molecule has 1 unspecified atom stereocenters. The largest absolute Gasteiger partial charge is 0.468 e. The lowest BCUT2D eigenvalue weighted by molar-refractivity contribution is -0.139. The van der Waals surface area contributed by atoms with Crippen LogP contribution in [-0.2, 0) is 9.53 Å². The summed E-state index contributed by atoms with van der Waals surface area (Å²) in [6.07, 6.45) is 0. The Morgan fingerprint density at radius 2 is 2.31 bits per heavy atom. The summed E-state index contributed by atoms with van der Waals surface area (Å²) in [4.78, 5) is 11.9. The predicted molar refractivity (Wildman–Crippen MR) is 74.0 cm³/mol. The Morgan fingerprint density at radius 3 is 2.88 bits per heavy atom. The van der Waals surface area contributed by atoms with E-state index in [0.717, 1.165) is 9.37 Å². The Kier molecular flexibility index (Phi) is 5.64. The van der Waals surface area contributed by atoms with Crippen molar-refractivity contribution in [3.63, 3.8) is 0 Å². The molecule has 0 heterocycles. The fourth-order valence-electron chi connectivity index (χ4n) is 0.993. The van der Waals surface area contributed by atoms with E-state index in [1.807, 2.05) is 18.2 Å². The second kappa shape index (κ2) is 6.51. The molecule has 0 saturated carbocycles. The highest BCUT2D eigenvalue weighted by Gasteiger charge is 2.15. The van der Waals surface area contributed by atoms with Gasteiger partial charge in [0.05, 0.1) is 7.11 Å². The number of ether oxygens (including phenoxy) is 1. The third-order valence-corrected chi connectivity index (χ3v) is 5.01. The predicted octanol–water partition coefficient (Wildman–Crippen LogP) is 3.06. The summed E-state index contributed by atoms with van der Waals surface area (Å²) < 4.78 is 5.55. The fraction of sp³-hybridized carbons (Fsp3) is 0.300. The average molecular weight is 369 g/mol. The van der Waals surface area contributed by atoms with Crippen molar-refractivity contribution in [1.82, 2.24) is 0 Å². The molecule has 2 N–H and O–H groups in total. The highest BCUT2D eigenvalue weighted by molar-refractivity contribution is 9.10. The van der Waals surface area contributed by atoms with Crippen molar-refractivity contribution in [1.29, 1.82) is 0 Å². The van der Waals surface area contributed by atoms with Gasteiger partial charge in [-0.25, -0.2) is 0 Å². The zero-order valence-electron chi connectivity index (χ0n) is 8.57. The van der Waals surface area contributed by atoms with E-state index < -0.39 is 0 Å². The number of nitrogen functional groups attached to an aromatic ring is 1. The van der Waals surface area contributed by atoms with Gasteiger partial charge in [-0.2, -0.15) is 0 Å². The number of esters is 1. The Balaban J connectivity index is 2.58. The van der Waals surface area contributed by atoms with Crippen molar-refractivity contribution in [3.05, 3.63) is 22.7 Å². The van der Waals surface area contributed by atoms with Crippen LogP contribution in [0.25, 0.3) is 0 Å². The summed E-state index contributed by atoms with van der Waals surface area (Å²) in [5.74, 6) is 0.342. The molecule has 1 atom stereocenters. The van der Waals surface area contributed by atoms with Crippen LogP contribution in [0, 0.1) is 0 Å². The SMILES string of the molecule is COC(=O)C(Br)CSc1ccc(N)cc1Br. The van der Waals surface area contributed by atoms with Crippen molar-refractivity contribution in [3.8, 4) is 0 Å². The van der Waals surface area contributed by atoms with Crippen molar-refractivity contribution < 1.29 is 9.53 Å². The van der Waals surface area contributed by atoms with E-state index in [1.54, 1.807) is 11.8 Å². The second-order valence-electron chi connectivity index (χ2n) is 2.99. The van der Waals surface area contributed by atoms with Gasteiger partial charge in [-0.3, -0.25) is 4.79 Å². The van der Waals surface area contributed by atoms with E-state index in [1.165, 1.54) is 7.11 Å². The lowest BCUT2D eigenvalue weighted by Crippen LogP contribution is -2.17. The second-order valence-corrected chi connectivity index (χ2v) is 6.01. The highest BCUT2D eigenvalue weighted by atomic mass is 79.9. The van der Waals surface area contributed by atoms with Crippen molar-refractivity contribution in [2.24, 2.45) is 0 Å². The van der Waals surface area contributed by atoms with Crippen LogP contribution < -0.4 is 5.73 Å². The molecule has 1 aromatic rings. The number of thioether (sulfide) groups is 1. The number of benzene rings is 1. The number of alkyl halides is 1. The molecule has 0 bridgehead atoms. The first-order valence-electron chi connectivity index (χ1n) is 4.44. The van der Waals surface area contributed by atoms with Gasteiger partial charge < -0.3 is 10.5 Å². The highest BCUT2D eigenvalue weighted by Crippen LogP contribution is 2.30. The molecule has 1 rings (SSSR count). The van der Waals surface area contributed by atoms with Gasteiger partial charge in [0.1, 0.15) is 4.83 Å². The molecule has 3 nitrogen and oxygen atoms in total. The van der Waals surface area contributed by atoms with Crippen molar-refractivity contribution in [2.75, 3.05) is 18.6 Å². The monoisotopic (exact) mass is 367 g/mol. The number of halogens is 2. The van der Waals surface area contributed by atoms with Gasteiger partial charge in [0, 0.05) is 20.8 Å². The minimum absolute atomic E-state index is 0.265. The number of hydrogen-bond acceptors (Lipinski definition) is 4. The Bertz CT molecular complexity index is 387. The first kappa shape index (κ1) is 13.9. The summed E-state index contributed by atoms with van der Waals surface area (Å²) in [5.41, 5.74) is 6.34. The van der Waals surface area contributed by atoms with E-state index in [2.05, 4.69) is 36.6 Å². The number of hydrogen-bond donors (Lipinski definition) is 1. The molecule has 0 aliphatic carbocycles. The lowest BCUT2D eigenvalue weighted by Gasteiger charge is -2.08. The molecule has 0 saturated heterocycles. The molecule has 16 heavy (non-hydrogen) atoms. The van der Waals surface area contributed by atoms with Gasteiger partial charge in [-0.1, -0.05) is 15.9 Å². The first-order chi connectivity index (χ1) is 7.54. The molecule has 6 heteroatoms. The number of carbonyl (C=O) groups is 1. The fourth-order valence-corrected chi connectivity index (χ4v) is 3.14. The van der Waals surface area contributed by atoms with Gasteiger partial charge in [0.25, 0.3) is 0 Å². The van der Waals surface area contributed by atoms with Crippen LogP contribution >= 0.6 is 43.6 Å². The van der Waals surface area contributed by atoms with Gasteiger partial charge in [0.15, 0.2) is 0 Å². The van der Waals surface area contributed by atoms with Crippen LogP contribution in [0.15, 0.2) is 27.6 Å². The number of nitrogens with two attached hydrogens (primary N) is 1. The number of anilines is 1. The van der Waals surface area contributed by atoms with Gasteiger partial charge >= 0.3 is 5.97 Å². The van der Waals surface area contributed by atoms with Crippen LogP contribution in [0.4, 0.5) is 5.69 Å². The summed E-state index contributed by atoms with van der Waals surface area (Å²) in [6, 6.07) is 5.58. The topological polar surface area (TPSA) is 52.3 Å². The summed E-state index contributed by atoms with van der Waals surface area (Å²) in [7, 11) is 1.38. The Labute approximate surface area is 115 Å². The van der Waals surface area contributed by atoms with E-state index in [-0.39, 0.29) is 10.8 Å². The zero-order valence-corrected chi connectivity index (χ0v) is 12.6. The number of carbonyl (C=O) groups excluding carboxylic acids is 1. The maximum Gasteiger partial charge on any atom is 0.320 e. The molecular weight excluding hydrogens is 358 g/mol. The standard InChI is InChI=1S/C10H11Br2NO2S/c1-15-10(14)8(12)5-16-9-3-2-6(13)4-7(9)11/h2-4,8H,5,13H2,1H3. The number of methoxy groups -OCH3 is 1.